The van der Waals surface area contributed by atoms with Crippen LogP contribution in [0.5, 0.6) is 5.75 Å². The van der Waals surface area contributed by atoms with Gasteiger partial charge in [0.2, 0.25) is 0 Å². The van der Waals surface area contributed by atoms with Crippen molar-refractivity contribution in [3.05, 3.63) is 28.7 Å². The van der Waals surface area contributed by atoms with Gasteiger partial charge in [0.1, 0.15) is 12.4 Å². The van der Waals surface area contributed by atoms with Crippen molar-refractivity contribution in [2.75, 3.05) is 19.8 Å². The Hall–Kier alpha value is -0.580. The van der Waals surface area contributed by atoms with E-state index in [1.165, 1.54) is 0 Å². The third kappa shape index (κ3) is 3.47. The molecule has 3 nitrogen and oxygen atoms in total. The Labute approximate surface area is 104 Å². The van der Waals surface area contributed by atoms with Gasteiger partial charge in [0.05, 0.1) is 19.3 Å². The minimum absolute atomic E-state index is 0.285. The van der Waals surface area contributed by atoms with Crippen molar-refractivity contribution in [2.24, 2.45) is 0 Å². The molecule has 0 aromatic heterocycles. The van der Waals surface area contributed by atoms with Crippen molar-refractivity contribution in [1.29, 1.82) is 0 Å². The van der Waals surface area contributed by atoms with Crippen molar-refractivity contribution in [3.63, 3.8) is 0 Å². The van der Waals surface area contributed by atoms with Crippen molar-refractivity contribution in [2.45, 2.75) is 19.0 Å². The summed E-state index contributed by atoms with van der Waals surface area (Å²) in [6.45, 7) is 4.27. The second-order valence-corrected chi connectivity index (χ2v) is 4.98. The Morgan fingerprint density at radius 2 is 2.12 bits per heavy atom. The lowest BCUT2D eigenvalue weighted by atomic mass is 10.2. The number of ether oxygens (including phenoxy) is 2. The van der Waals surface area contributed by atoms with Crippen molar-refractivity contribution < 1.29 is 9.47 Å². The van der Waals surface area contributed by atoms with Crippen LogP contribution in [0, 0.1) is 0 Å². The molecule has 1 aromatic carbocycles. The molecule has 4 heteroatoms. The van der Waals surface area contributed by atoms with E-state index in [9.17, 15) is 0 Å². The Bertz CT molecular complexity index is 328. The Morgan fingerprint density at radius 1 is 1.38 bits per heavy atom. The molecule has 2 unspecified atom stereocenters. The molecule has 1 N–H and O–H groups in total. The molecule has 1 aliphatic rings. The van der Waals surface area contributed by atoms with E-state index >= 15 is 0 Å². The highest BCUT2D eigenvalue weighted by Crippen LogP contribution is 2.16. The molecule has 16 heavy (non-hydrogen) atoms. The predicted molar refractivity (Wildman–Crippen MR) is 66.8 cm³/mol. The molecule has 0 spiro atoms. The fraction of sp³-hybridized carbons (Fsp3) is 0.500. The smallest absolute Gasteiger partial charge is 0.119 e. The first-order valence-corrected chi connectivity index (χ1v) is 6.25. The zero-order valence-corrected chi connectivity index (χ0v) is 10.9. The third-order valence-corrected chi connectivity index (χ3v) is 3.00. The molecule has 0 saturated carbocycles. The minimum Gasteiger partial charge on any atom is -0.492 e. The van der Waals surface area contributed by atoms with Crippen LogP contribution in [0.2, 0.25) is 0 Å². The molecule has 0 amide bonds. The van der Waals surface area contributed by atoms with E-state index in [1.807, 2.05) is 24.3 Å². The number of hydrogen-bond acceptors (Lipinski definition) is 3. The van der Waals surface area contributed by atoms with Crippen LogP contribution >= 0.6 is 15.9 Å². The third-order valence-electron chi connectivity index (χ3n) is 2.47. The van der Waals surface area contributed by atoms with Crippen LogP contribution < -0.4 is 10.1 Å². The highest BCUT2D eigenvalue weighted by molar-refractivity contribution is 9.10. The topological polar surface area (TPSA) is 30.5 Å². The Morgan fingerprint density at radius 3 is 2.81 bits per heavy atom. The fourth-order valence-corrected chi connectivity index (χ4v) is 1.97. The summed E-state index contributed by atoms with van der Waals surface area (Å²) < 4.78 is 12.2. The average Bonchev–Trinajstić information content (AvgIpc) is 2.28. The monoisotopic (exact) mass is 285 g/mol. The SMILES string of the molecule is CC1COCC(COc2ccc(Br)cc2)N1. The van der Waals surface area contributed by atoms with Crippen LogP contribution in [0.3, 0.4) is 0 Å². The summed E-state index contributed by atoms with van der Waals surface area (Å²) in [7, 11) is 0. The number of halogens is 1. The summed E-state index contributed by atoms with van der Waals surface area (Å²) in [6.07, 6.45) is 0. The highest BCUT2D eigenvalue weighted by Gasteiger charge is 2.18. The van der Waals surface area contributed by atoms with Crippen molar-refractivity contribution >= 4 is 15.9 Å². The van der Waals surface area contributed by atoms with Gasteiger partial charge in [0.15, 0.2) is 0 Å². The number of rotatable bonds is 3. The maximum absolute atomic E-state index is 5.69. The van der Waals surface area contributed by atoms with E-state index in [4.69, 9.17) is 9.47 Å². The molecular formula is C12H16BrNO2. The Kier molecular flexibility index (Phi) is 4.21. The van der Waals surface area contributed by atoms with Crippen LogP contribution in [-0.2, 0) is 4.74 Å². The quantitative estimate of drug-likeness (QED) is 0.924. The maximum atomic E-state index is 5.69. The second-order valence-electron chi connectivity index (χ2n) is 4.07. The average molecular weight is 286 g/mol. The minimum atomic E-state index is 0.285. The fourth-order valence-electron chi connectivity index (χ4n) is 1.71. The van der Waals surface area contributed by atoms with Crippen molar-refractivity contribution in [3.8, 4) is 5.75 Å². The standard InChI is InChI=1S/C12H16BrNO2/c1-9-6-15-7-11(14-9)8-16-12-4-2-10(13)3-5-12/h2-5,9,11,14H,6-8H2,1H3. The van der Waals surface area contributed by atoms with Gasteiger partial charge in [0.25, 0.3) is 0 Å². The van der Waals surface area contributed by atoms with Gasteiger partial charge in [-0.15, -0.1) is 0 Å². The first-order chi connectivity index (χ1) is 7.74. The van der Waals surface area contributed by atoms with Crippen LogP contribution in [0.15, 0.2) is 28.7 Å². The summed E-state index contributed by atoms with van der Waals surface area (Å²) in [5, 5.41) is 3.44. The summed E-state index contributed by atoms with van der Waals surface area (Å²) in [4.78, 5) is 0. The number of benzene rings is 1. The normalized spacial score (nSPS) is 25.4. The lowest BCUT2D eigenvalue weighted by Gasteiger charge is -2.28. The van der Waals surface area contributed by atoms with E-state index in [0.29, 0.717) is 12.6 Å². The number of morpholine rings is 1. The molecule has 2 atom stereocenters. The van der Waals surface area contributed by atoms with Gasteiger partial charge >= 0.3 is 0 Å². The molecule has 1 aromatic rings. The van der Waals surface area contributed by atoms with E-state index in [1.54, 1.807) is 0 Å². The van der Waals surface area contributed by atoms with Gasteiger partial charge in [-0.1, -0.05) is 15.9 Å². The molecule has 1 heterocycles. The summed E-state index contributed by atoms with van der Waals surface area (Å²) in [5.41, 5.74) is 0. The van der Waals surface area contributed by atoms with Gasteiger partial charge in [-0.25, -0.2) is 0 Å². The van der Waals surface area contributed by atoms with Gasteiger partial charge in [-0.2, -0.15) is 0 Å². The zero-order chi connectivity index (χ0) is 11.4. The maximum Gasteiger partial charge on any atom is 0.119 e. The lowest BCUT2D eigenvalue weighted by molar-refractivity contribution is 0.0353. The van der Waals surface area contributed by atoms with E-state index in [2.05, 4.69) is 28.2 Å². The lowest BCUT2D eigenvalue weighted by Crippen LogP contribution is -2.50. The van der Waals surface area contributed by atoms with E-state index in [0.717, 1.165) is 23.4 Å². The molecule has 0 aliphatic carbocycles. The van der Waals surface area contributed by atoms with Gasteiger partial charge in [0, 0.05) is 10.5 Å². The van der Waals surface area contributed by atoms with Crippen molar-refractivity contribution in [1.82, 2.24) is 5.32 Å². The van der Waals surface area contributed by atoms with Crippen LogP contribution in [-0.4, -0.2) is 31.9 Å². The predicted octanol–water partition coefficient (Wildman–Crippen LogP) is 2.20. The molecule has 1 saturated heterocycles. The van der Waals surface area contributed by atoms with Crippen LogP contribution in [0.1, 0.15) is 6.92 Å². The largest absolute Gasteiger partial charge is 0.492 e. The second kappa shape index (κ2) is 5.66. The number of hydrogen-bond donors (Lipinski definition) is 1. The van der Waals surface area contributed by atoms with E-state index < -0.39 is 0 Å². The number of nitrogens with one attached hydrogen (secondary N) is 1. The molecule has 88 valence electrons. The molecule has 1 fully saturated rings. The molecule has 2 rings (SSSR count). The van der Waals surface area contributed by atoms with Gasteiger partial charge in [-0.05, 0) is 31.2 Å². The summed E-state index contributed by atoms with van der Waals surface area (Å²) in [5.74, 6) is 0.892. The van der Waals surface area contributed by atoms with Crippen LogP contribution in [0.4, 0.5) is 0 Å². The van der Waals surface area contributed by atoms with E-state index in [-0.39, 0.29) is 6.04 Å². The Balaban J connectivity index is 1.80. The molecule has 0 radical (unpaired) electrons. The zero-order valence-electron chi connectivity index (χ0n) is 9.28. The van der Waals surface area contributed by atoms with Crippen LogP contribution in [0.25, 0.3) is 0 Å². The first-order valence-electron chi connectivity index (χ1n) is 5.46. The van der Waals surface area contributed by atoms with Gasteiger partial charge < -0.3 is 14.8 Å². The molecular weight excluding hydrogens is 270 g/mol. The van der Waals surface area contributed by atoms with Gasteiger partial charge in [-0.3, -0.25) is 0 Å². The molecule has 0 bridgehead atoms. The first kappa shape index (κ1) is 11.9. The summed E-state index contributed by atoms with van der Waals surface area (Å²) in [6, 6.07) is 8.56. The highest BCUT2D eigenvalue weighted by atomic mass is 79.9. The molecule has 1 aliphatic heterocycles. The summed E-state index contributed by atoms with van der Waals surface area (Å²) >= 11 is 3.39.